The van der Waals surface area contributed by atoms with Crippen LogP contribution in [0.2, 0.25) is 5.02 Å². The van der Waals surface area contributed by atoms with Crippen LogP contribution in [-0.4, -0.2) is 24.1 Å². The minimum atomic E-state index is 0.517. The van der Waals surface area contributed by atoms with E-state index in [0.717, 1.165) is 0 Å². The second-order valence-corrected chi connectivity index (χ2v) is 3.01. The van der Waals surface area contributed by atoms with Crippen LogP contribution in [0.4, 0.5) is 11.5 Å². The van der Waals surface area contributed by atoms with Crippen molar-refractivity contribution in [3.63, 3.8) is 0 Å². The van der Waals surface area contributed by atoms with Gasteiger partial charge in [-0.2, -0.15) is 0 Å². The summed E-state index contributed by atoms with van der Waals surface area (Å²) in [4.78, 5) is 4.01. The summed E-state index contributed by atoms with van der Waals surface area (Å²) >= 11 is 5.84. The molecule has 0 radical (unpaired) electrons. The van der Waals surface area contributed by atoms with Gasteiger partial charge in [0.15, 0.2) is 5.82 Å². The molecule has 0 fully saturated rings. The number of aromatic nitrogens is 1. The third-order valence-corrected chi connectivity index (χ3v) is 1.48. The number of nitrogens with zero attached hydrogens (tertiary/aromatic N) is 2. The number of hydrogen-bond acceptors (Lipinski definition) is 4. The zero-order valence-electron chi connectivity index (χ0n) is 7.00. The summed E-state index contributed by atoms with van der Waals surface area (Å²) in [5, 5.41) is 2.27. The number of rotatable bonds is 2. The maximum Gasteiger partial charge on any atom is 0.159 e. The number of hydrogen-bond donors (Lipinski definition) is 2. The van der Waals surface area contributed by atoms with Crippen LogP contribution < -0.4 is 11.2 Å². The van der Waals surface area contributed by atoms with E-state index in [1.54, 1.807) is 17.3 Å². The lowest BCUT2D eigenvalue weighted by Gasteiger charge is -2.13. The Morgan fingerprint density at radius 3 is 2.75 bits per heavy atom. The molecule has 66 valence electrons. The normalized spacial score (nSPS) is 10.3. The molecule has 1 heterocycles. The van der Waals surface area contributed by atoms with Gasteiger partial charge in [0.2, 0.25) is 0 Å². The van der Waals surface area contributed by atoms with Crippen LogP contribution in [0.1, 0.15) is 0 Å². The molecule has 0 amide bonds. The first-order valence-electron chi connectivity index (χ1n) is 3.44. The van der Waals surface area contributed by atoms with Crippen molar-refractivity contribution in [1.29, 1.82) is 0 Å². The first-order valence-corrected chi connectivity index (χ1v) is 3.82. The van der Waals surface area contributed by atoms with Crippen LogP contribution >= 0.6 is 11.6 Å². The van der Waals surface area contributed by atoms with Crippen molar-refractivity contribution in [3.05, 3.63) is 17.3 Å². The molecular weight excluding hydrogens is 176 g/mol. The van der Waals surface area contributed by atoms with Crippen molar-refractivity contribution < 1.29 is 0 Å². The Hall–Kier alpha value is -1.00. The van der Waals surface area contributed by atoms with Gasteiger partial charge in [0.25, 0.3) is 0 Å². The summed E-state index contributed by atoms with van der Waals surface area (Å²) in [5.74, 6) is 0.607. The van der Waals surface area contributed by atoms with Crippen LogP contribution in [0.3, 0.4) is 0 Å². The maximum atomic E-state index is 5.84. The molecule has 0 bridgehead atoms. The number of halogens is 1. The van der Waals surface area contributed by atoms with Gasteiger partial charge in [-0.15, -0.1) is 0 Å². The largest absolute Gasteiger partial charge is 0.397 e. The second-order valence-electron chi connectivity index (χ2n) is 2.61. The summed E-state index contributed by atoms with van der Waals surface area (Å²) in [6.45, 7) is 0. The highest BCUT2D eigenvalue weighted by Crippen LogP contribution is 2.20. The van der Waals surface area contributed by atoms with E-state index >= 15 is 0 Å². The van der Waals surface area contributed by atoms with E-state index in [2.05, 4.69) is 10.4 Å². The van der Waals surface area contributed by atoms with Crippen molar-refractivity contribution in [2.45, 2.75) is 0 Å². The van der Waals surface area contributed by atoms with Crippen molar-refractivity contribution in [1.82, 2.24) is 9.99 Å². The second kappa shape index (κ2) is 3.60. The molecule has 0 aliphatic rings. The fraction of sp³-hybridized carbons (Fsp3) is 0.286. The number of anilines is 2. The zero-order valence-corrected chi connectivity index (χ0v) is 7.76. The number of nitrogens with one attached hydrogen (secondary N) is 1. The predicted octanol–water partition coefficient (Wildman–Crippen LogP) is 1.21. The Balaban J connectivity index is 2.86. The van der Waals surface area contributed by atoms with E-state index in [4.69, 9.17) is 17.3 Å². The average molecular weight is 187 g/mol. The molecular formula is C7H11ClN4. The van der Waals surface area contributed by atoms with Crippen LogP contribution in [0.5, 0.6) is 0 Å². The highest BCUT2D eigenvalue weighted by Gasteiger charge is 2.01. The highest BCUT2D eigenvalue weighted by atomic mass is 35.5. The van der Waals surface area contributed by atoms with E-state index in [0.29, 0.717) is 16.5 Å². The fourth-order valence-electron chi connectivity index (χ4n) is 0.747. The Morgan fingerprint density at radius 2 is 2.25 bits per heavy atom. The third kappa shape index (κ3) is 2.25. The fourth-order valence-corrected chi connectivity index (χ4v) is 0.964. The molecule has 0 spiro atoms. The molecule has 0 atom stereocenters. The summed E-state index contributed by atoms with van der Waals surface area (Å²) in [5.41, 5.74) is 8.96. The number of hydrazine groups is 1. The van der Waals surface area contributed by atoms with Crippen molar-refractivity contribution in [2.75, 3.05) is 25.3 Å². The molecule has 0 aliphatic carbocycles. The first kappa shape index (κ1) is 9.09. The van der Waals surface area contributed by atoms with Crippen molar-refractivity contribution in [3.8, 4) is 0 Å². The van der Waals surface area contributed by atoms with Crippen molar-refractivity contribution >= 4 is 23.1 Å². The molecule has 3 N–H and O–H groups in total. The van der Waals surface area contributed by atoms with Crippen LogP contribution in [0.15, 0.2) is 12.3 Å². The van der Waals surface area contributed by atoms with Crippen LogP contribution in [0.25, 0.3) is 0 Å². The minimum absolute atomic E-state index is 0.517. The van der Waals surface area contributed by atoms with Gasteiger partial charge in [0, 0.05) is 14.1 Å². The predicted molar refractivity (Wildman–Crippen MR) is 51.0 cm³/mol. The lowest BCUT2D eigenvalue weighted by molar-refractivity contribution is 0.492. The van der Waals surface area contributed by atoms with Gasteiger partial charge in [-0.25, -0.2) is 9.99 Å². The average Bonchev–Trinajstić information content (AvgIpc) is 1.94. The summed E-state index contributed by atoms with van der Waals surface area (Å²) < 4.78 is 0. The van der Waals surface area contributed by atoms with E-state index in [9.17, 15) is 0 Å². The lowest BCUT2D eigenvalue weighted by atomic mass is 10.4. The Morgan fingerprint density at radius 1 is 1.58 bits per heavy atom. The van der Waals surface area contributed by atoms with Gasteiger partial charge >= 0.3 is 0 Å². The van der Waals surface area contributed by atoms with E-state index in [1.165, 1.54) is 0 Å². The number of nitrogens with two attached hydrogens (primary N) is 1. The minimum Gasteiger partial charge on any atom is -0.397 e. The molecule has 12 heavy (non-hydrogen) atoms. The molecule has 4 nitrogen and oxygen atoms in total. The molecule has 1 aromatic heterocycles. The van der Waals surface area contributed by atoms with Crippen molar-refractivity contribution in [2.24, 2.45) is 0 Å². The summed E-state index contributed by atoms with van der Waals surface area (Å²) in [7, 11) is 3.71. The van der Waals surface area contributed by atoms with E-state index < -0.39 is 0 Å². The third-order valence-electron chi connectivity index (χ3n) is 1.19. The van der Waals surface area contributed by atoms with Gasteiger partial charge < -0.3 is 11.2 Å². The molecule has 0 aliphatic heterocycles. The number of pyridine rings is 1. The zero-order chi connectivity index (χ0) is 9.14. The van der Waals surface area contributed by atoms with Gasteiger partial charge in [0.05, 0.1) is 16.9 Å². The Labute approximate surface area is 76.3 Å². The molecule has 1 aromatic rings. The monoisotopic (exact) mass is 186 g/mol. The lowest BCUT2D eigenvalue weighted by Crippen LogP contribution is -2.20. The number of nitrogen functional groups attached to an aromatic ring is 1. The van der Waals surface area contributed by atoms with E-state index in [1.807, 2.05) is 14.1 Å². The molecule has 0 saturated carbocycles. The van der Waals surface area contributed by atoms with Gasteiger partial charge in [-0.1, -0.05) is 11.6 Å². The van der Waals surface area contributed by atoms with Gasteiger partial charge in [-0.05, 0) is 6.07 Å². The highest BCUT2D eigenvalue weighted by molar-refractivity contribution is 6.33. The van der Waals surface area contributed by atoms with Gasteiger partial charge in [0.1, 0.15) is 0 Å². The summed E-state index contributed by atoms with van der Waals surface area (Å²) in [6, 6.07) is 1.65. The maximum absolute atomic E-state index is 5.84. The summed E-state index contributed by atoms with van der Waals surface area (Å²) in [6.07, 6.45) is 1.55. The standard InChI is InChI=1S/C7H11ClN4/c1-12(2)11-7-6(8)3-5(9)4-10-7/h3-4H,9H2,1-2H3,(H,10,11). The SMILES string of the molecule is CN(C)Nc1ncc(N)cc1Cl. The molecule has 5 heteroatoms. The Bertz CT molecular complexity index is 274. The topological polar surface area (TPSA) is 54.2 Å². The molecule has 0 saturated heterocycles. The van der Waals surface area contributed by atoms with Crippen LogP contribution in [0, 0.1) is 0 Å². The molecule has 0 unspecified atom stereocenters. The smallest absolute Gasteiger partial charge is 0.159 e. The van der Waals surface area contributed by atoms with Crippen LogP contribution in [-0.2, 0) is 0 Å². The molecule has 1 rings (SSSR count). The Kier molecular flexibility index (Phi) is 2.73. The van der Waals surface area contributed by atoms with E-state index in [-0.39, 0.29) is 0 Å². The first-order chi connectivity index (χ1) is 5.59. The quantitative estimate of drug-likeness (QED) is 0.682. The molecule has 0 aromatic carbocycles. The van der Waals surface area contributed by atoms with Gasteiger partial charge in [-0.3, -0.25) is 0 Å².